The number of nitriles is 1. The molecule has 230 valence electrons. The Hall–Kier alpha value is -3.47. The fourth-order valence-corrected chi connectivity index (χ4v) is 4.78. The van der Waals surface area contributed by atoms with Gasteiger partial charge in [-0.05, 0) is 40.3 Å². The summed E-state index contributed by atoms with van der Waals surface area (Å²) >= 11 is 2.94. The molecule has 3 rings (SSSR count). The minimum atomic E-state index is -4.85. The fourth-order valence-electron chi connectivity index (χ4n) is 4.38. The van der Waals surface area contributed by atoms with Crippen molar-refractivity contribution >= 4 is 21.8 Å². The van der Waals surface area contributed by atoms with E-state index in [-0.39, 0.29) is 15.6 Å². The second-order valence-corrected chi connectivity index (χ2v) is 11.0. The van der Waals surface area contributed by atoms with Crippen molar-refractivity contribution in [1.82, 2.24) is 10.6 Å². The van der Waals surface area contributed by atoms with Gasteiger partial charge in [-0.25, -0.2) is 17.6 Å². The third-order valence-electron chi connectivity index (χ3n) is 6.68. The zero-order valence-electron chi connectivity index (χ0n) is 22.8. The van der Waals surface area contributed by atoms with Crippen LogP contribution in [0.1, 0.15) is 42.7 Å². The van der Waals surface area contributed by atoms with E-state index in [9.17, 15) is 45.9 Å². The first-order valence-corrected chi connectivity index (χ1v) is 13.7. The van der Waals surface area contributed by atoms with Crippen molar-refractivity contribution in [3.63, 3.8) is 0 Å². The number of alkyl halides is 5. The summed E-state index contributed by atoms with van der Waals surface area (Å²) in [5.41, 5.74) is 0.284. The minimum Gasteiger partial charge on any atom is -0.382 e. The van der Waals surface area contributed by atoms with Gasteiger partial charge in [0.25, 0.3) is 6.43 Å². The molecule has 4 atom stereocenters. The largest absolute Gasteiger partial charge is 0.407 e. The summed E-state index contributed by atoms with van der Waals surface area (Å²) in [6, 6.07) is 9.19. The fraction of sp³-hybridized carbons (Fsp3) is 0.333. The summed E-state index contributed by atoms with van der Waals surface area (Å²) in [5, 5.41) is 23.6. The molecular formula is C30H27BrF7N3O2. The molecule has 13 heteroatoms. The number of benzene rings is 3. The summed E-state index contributed by atoms with van der Waals surface area (Å²) in [6.45, 7) is 3.00. The number of nitrogens with zero attached hydrogens (tertiary/aromatic N) is 1. The van der Waals surface area contributed by atoms with Crippen LogP contribution in [0.25, 0.3) is 11.1 Å². The maximum absolute atomic E-state index is 14.3. The molecule has 5 nitrogen and oxygen atoms in total. The smallest absolute Gasteiger partial charge is 0.382 e. The van der Waals surface area contributed by atoms with E-state index in [1.54, 1.807) is 6.07 Å². The van der Waals surface area contributed by atoms with Crippen LogP contribution in [-0.2, 0) is 11.2 Å². The van der Waals surface area contributed by atoms with E-state index < -0.39 is 72.3 Å². The lowest BCUT2D eigenvalue weighted by Gasteiger charge is -2.30. The molecule has 0 aliphatic heterocycles. The van der Waals surface area contributed by atoms with Gasteiger partial charge in [-0.1, -0.05) is 78.3 Å². The summed E-state index contributed by atoms with van der Waals surface area (Å²) < 4.78 is 96.8. The van der Waals surface area contributed by atoms with Gasteiger partial charge in [-0.15, -0.1) is 0 Å². The van der Waals surface area contributed by atoms with Gasteiger partial charge in [0.2, 0.25) is 5.91 Å². The minimum absolute atomic E-state index is 0.0135. The Labute approximate surface area is 251 Å². The van der Waals surface area contributed by atoms with Crippen LogP contribution < -0.4 is 10.6 Å². The van der Waals surface area contributed by atoms with Gasteiger partial charge in [0, 0.05) is 16.5 Å². The van der Waals surface area contributed by atoms with Crippen LogP contribution >= 0.6 is 15.9 Å². The second kappa shape index (κ2) is 14.3. The lowest BCUT2D eigenvalue weighted by Crippen LogP contribution is -2.53. The maximum atomic E-state index is 14.3. The Morgan fingerprint density at radius 3 is 1.86 bits per heavy atom. The van der Waals surface area contributed by atoms with Gasteiger partial charge in [0.15, 0.2) is 0 Å². The average Bonchev–Trinajstić information content (AvgIpc) is 2.93. The molecule has 3 N–H and O–H groups in total. The first kappa shape index (κ1) is 34.0. The number of aliphatic hydroxyl groups excluding tert-OH is 1. The lowest BCUT2D eigenvalue weighted by molar-refractivity contribution is -0.161. The van der Waals surface area contributed by atoms with E-state index in [0.29, 0.717) is 11.1 Å². The molecule has 3 aromatic carbocycles. The average molecular weight is 674 g/mol. The van der Waals surface area contributed by atoms with Crippen molar-refractivity contribution < 1.29 is 40.6 Å². The number of hydrogen-bond donors (Lipinski definition) is 3. The lowest BCUT2D eigenvalue weighted by atomic mass is 9.96. The number of halogens is 8. The van der Waals surface area contributed by atoms with Crippen molar-refractivity contribution in [3.8, 4) is 17.2 Å². The van der Waals surface area contributed by atoms with Gasteiger partial charge < -0.3 is 10.4 Å². The standard InChI is InChI=1S/C30H27BrF7N3O2/c1-15(2)25(29(43)40-21(14-39)13-22-23(32)11-20(31)12-24(22)33)41-27(30(36,37)38)19-9-5-17(6-10-19)16-3-7-18(8-4-16)26(42)28(34)35/h3-12,15,21,25-28,41-42H,13H2,1-2H3,(H,40,43)/t21-,25-,26+,27-/m0/s1. The van der Waals surface area contributed by atoms with Crippen molar-refractivity contribution in [2.75, 3.05) is 0 Å². The molecule has 0 unspecified atom stereocenters. The molecule has 0 radical (unpaired) electrons. The SMILES string of the molecule is CC(C)[C@H](N[C@@H](c1ccc(-c2ccc([C@@H](O)C(F)F)cc2)cc1)C(F)(F)F)C(=O)N[C@H](C#N)Cc1c(F)cc(Br)cc1F. The van der Waals surface area contributed by atoms with Gasteiger partial charge in [-0.3, -0.25) is 10.1 Å². The predicted molar refractivity (Wildman–Crippen MR) is 149 cm³/mol. The van der Waals surface area contributed by atoms with Crippen LogP contribution in [0.4, 0.5) is 30.7 Å². The van der Waals surface area contributed by atoms with Crippen molar-refractivity contribution in [2.45, 2.75) is 57.1 Å². The topological polar surface area (TPSA) is 85.2 Å². The number of carbonyl (C=O) groups excluding carboxylic acids is 1. The Morgan fingerprint density at radius 1 is 0.953 bits per heavy atom. The first-order valence-electron chi connectivity index (χ1n) is 12.9. The van der Waals surface area contributed by atoms with Gasteiger partial charge in [0.1, 0.15) is 29.8 Å². The highest BCUT2D eigenvalue weighted by Gasteiger charge is 2.43. The molecular weight excluding hydrogens is 647 g/mol. The quantitative estimate of drug-likeness (QED) is 0.189. The van der Waals surface area contributed by atoms with E-state index in [1.165, 1.54) is 62.4 Å². The highest BCUT2D eigenvalue weighted by molar-refractivity contribution is 9.10. The highest BCUT2D eigenvalue weighted by Crippen LogP contribution is 2.35. The van der Waals surface area contributed by atoms with E-state index >= 15 is 0 Å². The van der Waals surface area contributed by atoms with E-state index in [0.717, 1.165) is 12.1 Å². The van der Waals surface area contributed by atoms with Gasteiger partial charge >= 0.3 is 6.18 Å². The Balaban J connectivity index is 1.80. The van der Waals surface area contributed by atoms with E-state index in [2.05, 4.69) is 26.6 Å². The predicted octanol–water partition coefficient (Wildman–Crippen LogP) is 7.16. The van der Waals surface area contributed by atoms with Crippen molar-refractivity contribution in [1.29, 1.82) is 5.26 Å². The Bertz CT molecular complexity index is 1420. The Kier molecular flexibility index (Phi) is 11.3. The van der Waals surface area contributed by atoms with Crippen LogP contribution in [0.2, 0.25) is 0 Å². The molecule has 1 amide bonds. The summed E-state index contributed by atoms with van der Waals surface area (Å²) in [5.74, 6) is -3.56. The van der Waals surface area contributed by atoms with E-state index in [1.807, 2.05) is 0 Å². The van der Waals surface area contributed by atoms with E-state index in [4.69, 9.17) is 0 Å². The summed E-state index contributed by atoms with van der Waals surface area (Å²) in [4.78, 5) is 13.1. The molecule has 0 saturated heterocycles. The first-order chi connectivity index (χ1) is 20.1. The molecule has 0 heterocycles. The van der Waals surface area contributed by atoms with Crippen LogP contribution in [0.5, 0.6) is 0 Å². The molecule has 43 heavy (non-hydrogen) atoms. The van der Waals surface area contributed by atoms with Gasteiger partial charge in [0.05, 0.1) is 12.1 Å². The van der Waals surface area contributed by atoms with Crippen LogP contribution in [-0.4, -0.2) is 35.7 Å². The van der Waals surface area contributed by atoms with Crippen LogP contribution in [0.15, 0.2) is 65.1 Å². The van der Waals surface area contributed by atoms with Gasteiger partial charge in [-0.2, -0.15) is 18.4 Å². The molecule has 0 bridgehead atoms. The number of amides is 1. The third-order valence-corrected chi connectivity index (χ3v) is 7.14. The number of aliphatic hydroxyl groups is 1. The molecule has 0 saturated carbocycles. The number of hydrogen-bond acceptors (Lipinski definition) is 4. The van der Waals surface area contributed by atoms with Crippen molar-refractivity contribution in [2.24, 2.45) is 5.92 Å². The highest BCUT2D eigenvalue weighted by atomic mass is 79.9. The van der Waals surface area contributed by atoms with Crippen LogP contribution in [0, 0.1) is 28.9 Å². The normalized spacial score (nSPS) is 14.7. The molecule has 0 aliphatic rings. The number of rotatable bonds is 11. The molecule has 0 spiro atoms. The Morgan fingerprint density at radius 2 is 1.44 bits per heavy atom. The molecule has 0 fully saturated rings. The molecule has 0 aromatic heterocycles. The monoisotopic (exact) mass is 673 g/mol. The zero-order chi connectivity index (χ0) is 32.1. The van der Waals surface area contributed by atoms with Crippen molar-refractivity contribution in [3.05, 3.63) is 93.5 Å². The summed E-state index contributed by atoms with van der Waals surface area (Å²) in [7, 11) is 0. The zero-order valence-corrected chi connectivity index (χ0v) is 24.4. The van der Waals surface area contributed by atoms with Crippen LogP contribution in [0.3, 0.4) is 0 Å². The third kappa shape index (κ3) is 8.78. The summed E-state index contributed by atoms with van der Waals surface area (Å²) in [6.07, 6.45) is -10.3. The second-order valence-electron chi connectivity index (χ2n) is 10.1. The number of nitrogens with one attached hydrogen (secondary N) is 2. The maximum Gasteiger partial charge on any atom is 0.407 e. The molecule has 3 aromatic rings. The molecule has 0 aliphatic carbocycles. The number of carbonyl (C=O) groups is 1.